The zero-order chi connectivity index (χ0) is 14.7. The van der Waals surface area contributed by atoms with Crippen molar-refractivity contribution in [2.75, 3.05) is 13.6 Å². The van der Waals surface area contributed by atoms with E-state index in [1.807, 2.05) is 37.3 Å². The second-order valence-corrected chi connectivity index (χ2v) is 5.34. The molecular formula is C15H17N3OS. The van der Waals surface area contributed by atoms with Crippen molar-refractivity contribution < 1.29 is 4.79 Å². The van der Waals surface area contributed by atoms with Gasteiger partial charge in [0.15, 0.2) is 0 Å². The number of pyridine rings is 1. The van der Waals surface area contributed by atoms with Crippen LogP contribution in [0.3, 0.4) is 0 Å². The van der Waals surface area contributed by atoms with Crippen LogP contribution in [0.5, 0.6) is 0 Å². The molecule has 4 nitrogen and oxygen atoms in total. The van der Waals surface area contributed by atoms with Gasteiger partial charge < -0.3 is 10.6 Å². The summed E-state index contributed by atoms with van der Waals surface area (Å²) in [6.07, 6.45) is 1.72. The maximum Gasteiger partial charge on any atom is 0.254 e. The van der Waals surface area contributed by atoms with E-state index >= 15 is 0 Å². The molecule has 2 aromatic rings. The van der Waals surface area contributed by atoms with Crippen molar-refractivity contribution in [3.8, 4) is 0 Å². The van der Waals surface area contributed by atoms with Gasteiger partial charge in [-0.2, -0.15) is 0 Å². The molecule has 0 aliphatic heterocycles. The van der Waals surface area contributed by atoms with E-state index in [4.69, 9.17) is 18.0 Å². The van der Waals surface area contributed by atoms with E-state index in [0.29, 0.717) is 17.1 Å². The SMILES string of the molecule is CC(CN(C)C(=O)c1cccc2ncccc12)C(N)=S. The summed E-state index contributed by atoms with van der Waals surface area (Å²) >= 11 is 4.95. The van der Waals surface area contributed by atoms with Gasteiger partial charge in [-0.3, -0.25) is 9.78 Å². The highest BCUT2D eigenvalue weighted by molar-refractivity contribution is 7.80. The van der Waals surface area contributed by atoms with Gasteiger partial charge in [0.05, 0.1) is 10.5 Å². The monoisotopic (exact) mass is 287 g/mol. The van der Waals surface area contributed by atoms with Crippen molar-refractivity contribution >= 4 is 34.0 Å². The summed E-state index contributed by atoms with van der Waals surface area (Å²) in [5.74, 6) is -0.0567. The van der Waals surface area contributed by atoms with Crippen LogP contribution in [0, 0.1) is 5.92 Å². The molecule has 5 heteroatoms. The van der Waals surface area contributed by atoms with Gasteiger partial charge >= 0.3 is 0 Å². The molecule has 0 radical (unpaired) electrons. The minimum atomic E-state index is -0.0494. The van der Waals surface area contributed by atoms with E-state index in [-0.39, 0.29) is 11.8 Å². The quantitative estimate of drug-likeness (QED) is 0.876. The topological polar surface area (TPSA) is 59.2 Å². The van der Waals surface area contributed by atoms with Gasteiger partial charge in [-0.15, -0.1) is 0 Å². The summed E-state index contributed by atoms with van der Waals surface area (Å²) < 4.78 is 0. The molecule has 1 aromatic carbocycles. The van der Waals surface area contributed by atoms with Crippen LogP contribution in [0.4, 0.5) is 0 Å². The fraction of sp³-hybridized carbons (Fsp3) is 0.267. The third-order valence-electron chi connectivity index (χ3n) is 3.26. The lowest BCUT2D eigenvalue weighted by Gasteiger charge is -2.21. The molecule has 1 heterocycles. The van der Waals surface area contributed by atoms with Crippen LogP contribution in [0.2, 0.25) is 0 Å². The highest BCUT2D eigenvalue weighted by Gasteiger charge is 2.17. The Kier molecular flexibility index (Phi) is 4.29. The number of carbonyl (C=O) groups is 1. The zero-order valence-corrected chi connectivity index (χ0v) is 12.4. The summed E-state index contributed by atoms with van der Waals surface area (Å²) in [5, 5.41) is 0.856. The van der Waals surface area contributed by atoms with E-state index < -0.39 is 0 Å². The number of thiocarbonyl (C=S) groups is 1. The molecule has 1 unspecified atom stereocenters. The lowest BCUT2D eigenvalue weighted by atomic mass is 10.1. The van der Waals surface area contributed by atoms with Crippen LogP contribution < -0.4 is 5.73 Å². The van der Waals surface area contributed by atoms with Crippen LogP contribution in [0.15, 0.2) is 36.5 Å². The van der Waals surface area contributed by atoms with Gasteiger partial charge in [-0.25, -0.2) is 0 Å². The number of nitrogens with two attached hydrogens (primary N) is 1. The highest BCUT2D eigenvalue weighted by atomic mass is 32.1. The molecule has 1 atom stereocenters. The molecular weight excluding hydrogens is 270 g/mol. The van der Waals surface area contributed by atoms with Crippen LogP contribution in [0.25, 0.3) is 10.9 Å². The van der Waals surface area contributed by atoms with Crippen LogP contribution in [0.1, 0.15) is 17.3 Å². The number of hydrogen-bond donors (Lipinski definition) is 1. The molecule has 0 spiro atoms. The molecule has 0 saturated heterocycles. The summed E-state index contributed by atoms with van der Waals surface area (Å²) in [6.45, 7) is 2.42. The van der Waals surface area contributed by atoms with Crippen LogP contribution >= 0.6 is 12.2 Å². The molecule has 0 aliphatic rings. The first-order valence-electron chi connectivity index (χ1n) is 6.39. The van der Waals surface area contributed by atoms with E-state index in [2.05, 4.69) is 4.98 Å². The van der Waals surface area contributed by atoms with E-state index in [0.717, 1.165) is 10.9 Å². The number of carbonyl (C=O) groups excluding carboxylic acids is 1. The Labute approximate surface area is 123 Å². The first-order chi connectivity index (χ1) is 9.50. The van der Waals surface area contributed by atoms with Crippen molar-refractivity contribution in [2.24, 2.45) is 11.7 Å². The highest BCUT2D eigenvalue weighted by Crippen LogP contribution is 2.18. The maximum atomic E-state index is 12.5. The van der Waals surface area contributed by atoms with Gasteiger partial charge in [0, 0.05) is 36.7 Å². The van der Waals surface area contributed by atoms with Crippen molar-refractivity contribution in [1.82, 2.24) is 9.88 Å². The first-order valence-corrected chi connectivity index (χ1v) is 6.80. The van der Waals surface area contributed by atoms with Gasteiger partial charge in [-0.05, 0) is 18.2 Å². The van der Waals surface area contributed by atoms with Crippen LogP contribution in [-0.2, 0) is 0 Å². The fourth-order valence-corrected chi connectivity index (χ4v) is 2.15. The smallest absolute Gasteiger partial charge is 0.254 e. The molecule has 104 valence electrons. The number of hydrogen-bond acceptors (Lipinski definition) is 3. The Morgan fingerprint density at radius 1 is 1.40 bits per heavy atom. The Morgan fingerprint density at radius 2 is 2.15 bits per heavy atom. The number of nitrogens with zero attached hydrogens (tertiary/aromatic N) is 2. The summed E-state index contributed by atoms with van der Waals surface area (Å²) in [7, 11) is 1.76. The fourth-order valence-electron chi connectivity index (χ4n) is 2.08. The third kappa shape index (κ3) is 2.93. The lowest BCUT2D eigenvalue weighted by Crippen LogP contribution is -2.35. The normalized spacial score (nSPS) is 12.1. The van der Waals surface area contributed by atoms with Crippen molar-refractivity contribution in [1.29, 1.82) is 0 Å². The molecule has 2 N–H and O–H groups in total. The first kappa shape index (κ1) is 14.4. The average Bonchev–Trinajstić information content (AvgIpc) is 2.45. The van der Waals surface area contributed by atoms with Crippen molar-refractivity contribution in [3.63, 3.8) is 0 Å². The third-order valence-corrected chi connectivity index (χ3v) is 3.66. The maximum absolute atomic E-state index is 12.5. The second-order valence-electron chi connectivity index (χ2n) is 4.86. The number of amides is 1. The number of benzene rings is 1. The van der Waals surface area contributed by atoms with Gasteiger partial charge in [-0.1, -0.05) is 31.3 Å². The minimum Gasteiger partial charge on any atom is -0.393 e. The minimum absolute atomic E-state index is 0.00736. The molecule has 0 aliphatic carbocycles. The Balaban J connectivity index is 2.29. The number of rotatable bonds is 4. The molecule has 2 rings (SSSR count). The van der Waals surface area contributed by atoms with Crippen molar-refractivity contribution in [3.05, 3.63) is 42.1 Å². The van der Waals surface area contributed by atoms with Gasteiger partial charge in [0.25, 0.3) is 5.91 Å². The number of aromatic nitrogens is 1. The van der Waals surface area contributed by atoms with Gasteiger partial charge in [0.2, 0.25) is 0 Å². The Morgan fingerprint density at radius 3 is 2.85 bits per heavy atom. The van der Waals surface area contributed by atoms with E-state index in [1.165, 1.54) is 0 Å². The molecule has 20 heavy (non-hydrogen) atoms. The Bertz CT molecular complexity index is 651. The average molecular weight is 287 g/mol. The summed E-state index contributed by atoms with van der Waals surface area (Å²) in [4.78, 5) is 18.9. The predicted molar refractivity (Wildman–Crippen MR) is 84.7 cm³/mol. The molecule has 0 saturated carbocycles. The summed E-state index contributed by atoms with van der Waals surface area (Å²) in [5.41, 5.74) is 7.06. The van der Waals surface area contributed by atoms with E-state index in [1.54, 1.807) is 18.1 Å². The molecule has 1 aromatic heterocycles. The standard InChI is InChI=1S/C15H17N3OS/c1-10(14(16)20)9-18(2)15(19)12-5-3-7-13-11(12)6-4-8-17-13/h3-8,10H,9H2,1-2H3,(H2,16,20). The van der Waals surface area contributed by atoms with Gasteiger partial charge in [0.1, 0.15) is 0 Å². The van der Waals surface area contributed by atoms with Crippen molar-refractivity contribution in [2.45, 2.75) is 6.92 Å². The zero-order valence-electron chi connectivity index (χ0n) is 11.5. The van der Waals surface area contributed by atoms with E-state index in [9.17, 15) is 4.79 Å². The Hall–Kier alpha value is -2.01. The second kappa shape index (κ2) is 5.96. The largest absolute Gasteiger partial charge is 0.393 e. The number of fused-ring (bicyclic) bond motifs is 1. The molecule has 0 fully saturated rings. The summed E-state index contributed by atoms with van der Waals surface area (Å²) in [6, 6.07) is 9.28. The molecule has 1 amide bonds. The lowest BCUT2D eigenvalue weighted by molar-refractivity contribution is 0.0789. The predicted octanol–water partition coefficient (Wildman–Crippen LogP) is 2.23. The molecule has 0 bridgehead atoms. The van der Waals surface area contributed by atoms with Crippen LogP contribution in [-0.4, -0.2) is 34.4 Å².